The van der Waals surface area contributed by atoms with E-state index in [4.69, 9.17) is 32.7 Å². The lowest BCUT2D eigenvalue weighted by Gasteiger charge is -2.31. The van der Waals surface area contributed by atoms with Gasteiger partial charge in [-0.15, -0.1) is 0 Å². The SMILES string of the molecule is C[C@@H](CS(C)(=O)=O)NC1CCC(Cc2cc(-c3ccc(F)c(NCC4CCOCC4)n3)c(Cl)cn2)CC1.C[C@H](CS(C)(=O)=O)NC1CCC(Cc2cc(-c3ccc(F)c(NCC4CCOCC4)n3)c(Cl)cn2)CC1. The van der Waals surface area contributed by atoms with Crippen LogP contribution in [-0.2, 0) is 42.0 Å². The molecule has 2 aliphatic heterocycles. The molecular formula is C54H76Cl2F2N8O6S2. The van der Waals surface area contributed by atoms with Gasteiger partial charge in [0.1, 0.15) is 19.7 Å². The summed E-state index contributed by atoms with van der Waals surface area (Å²) in [5.74, 6) is 1.96. The highest BCUT2D eigenvalue weighted by atomic mass is 35.5. The van der Waals surface area contributed by atoms with Gasteiger partial charge >= 0.3 is 0 Å². The number of rotatable bonds is 20. The topological polar surface area (TPSA) is 186 Å². The molecule has 74 heavy (non-hydrogen) atoms. The summed E-state index contributed by atoms with van der Waals surface area (Å²) in [6.07, 6.45) is 19.7. The normalized spacial score (nSPS) is 22.1. The van der Waals surface area contributed by atoms with Crippen molar-refractivity contribution in [3.05, 3.63) is 81.9 Å². The van der Waals surface area contributed by atoms with Crippen molar-refractivity contribution in [1.82, 2.24) is 30.6 Å². The average molecular weight is 1110 g/mol. The molecule has 0 amide bonds. The van der Waals surface area contributed by atoms with Crippen LogP contribution in [0.5, 0.6) is 0 Å². The van der Waals surface area contributed by atoms with Gasteiger partial charge in [0.15, 0.2) is 23.3 Å². The van der Waals surface area contributed by atoms with Gasteiger partial charge in [0.25, 0.3) is 0 Å². The molecule has 408 valence electrons. The second kappa shape index (κ2) is 27.6. The van der Waals surface area contributed by atoms with Crippen LogP contribution in [0.1, 0.15) is 102 Å². The summed E-state index contributed by atoms with van der Waals surface area (Å²) >= 11 is 13.0. The van der Waals surface area contributed by atoms with Crippen LogP contribution in [-0.4, -0.2) is 124 Å². The number of anilines is 2. The first-order valence-corrected chi connectivity index (χ1v) is 31.3. The molecule has 0 spiro atoms. The summed E-state index contributed by atoms with van der Waals surface area (Å²) in [5.41, 5.74) is 4.65. The lowest BCUT2D eigenvalue weighted by atomic mass is 9.83. The second-order valence-corrected chi connectivity index (χ2v) is 26.6. The summed E-state index contributed by atoms with van der Waals surface area (Å²) < 4.78 is 85.9. The van der Waals surface area contributed by atoms with Gasteiger partial charge in [-0.05, 0) is 164 Å². The summed E-state index contributed by atoms with van der Waals surface area (Å²) in [6.45, 7) is 8.18. The van der Waals surface area contributed by atoms with Crippen molar-refractivity contribution < 1.29 is 35.1 Å². The Balaban J connectivity index is 0.000000216. The molecule has 4 aliphatic rings. The summed E-state index contributed by atoms with van der Waals surface area (Å²) in [5, 5.41) is 14.3. The van der Waals surface area contributed by atoms with Crippen LogP contribution in [0.25, 0.3) is 22.5 Å². The molecule has 2 aliphatic carbocycles. The Morgan fingerprint density at radius 1 is 0.568 bits per heavy atom. The first kappa shape index (κ1) is 58.1. The molecule has 2 saturated carbocycles. The number of aromatic nitrogens is 4. The molecule has 0 aromatic carbocycles. The Morgan fingerprint density at radius 3 is 1.28 bits per heavy atom. The van der Waals surface area contributed by atoms with Crippen LogP contribution >= 0.6 is 23.2 Å². The predicted molar refractivity (Wildman–Crippen MR) is 292 cm³/mol. The Morgan fingerprint density at radius 2 is 0.932 bits per heavy atom. The molecule has 6 heterocycles. The van der Waals surface area contributed by atoms with Crippen LogP contribution in [0.3, 0.4) is 0 Å². The third-order valence-corrected chi connectivity index (χ3v) is 17.5. The van der Waals surface area contributed by atoms with E-state index >= 15 is 0 Å². The van der Waals surface area contributed by atoms with Gasteiger partial charge in [0, 0.05) is 111 Å². The molecule has 14 nitrogen and oxygen atoms in total. The highest BCUT2D eigenvalue weighted by Crippen LogP contribution is 2.34. The minimum absolute atomic E-state index is 0.0451. The maximum atomic E-state index is 14.5. The van der Waals surface area contributed by atoms with E-state index in [2.05, 4.69) is 41.2 Å². The fourth-order valence-corrected chi connectivity index (χ4v) is 13.3. The molecule has 20 heteroatoms. The van der Waals surface area contributed by atoms with Crippen LogP contribution in [0.4, 0.5) is 20.4 Å². The minimum atomic E-state index is -2.99. The number of nitrogens with zero attached hydrogens (tertiary/aromatic N) is 4. The molecule has 4 fully saturated rings. The first-order chi connectivity index (χ1) is 35.3. The van der Waals surface area contributed by atoms with Crippen LogP contribution < -0.4 is 21.3 Å². The van der Waals surface area contributed by atoms with Crippen LogP contribution in [0.15, 0.2) is 48.8 Å². The second-order valence-electron chi connectivity index (χ2n) is 21.4. The number of halogens is 4. The maximum Gasteiger partial charge on any atom is 0.165 e. The monoisotopic (exact) mass is 1100 g/mol. The first-order valence-electron chi connectivity index (χ1n) is 26.5. The van der Waals surface area contributed by atoms with E-state index in [0.29, 0.717) is 70.3 Å². The molecular weight excluding hydrogens is 1030 g/mol. The van der Waals surface area contributed by atoms with E-state index in [1.807, 2.05) is 26.0 Å². The van der Waals surface area contributed by atoms with E-state index in [0.717, 1.165) is 139 Å². The van der Waals surface area contributed by atoms with Crippen molar-refractivity contribution in [3.63, 3.8) is 0 Å². The third-order valence-electron chi connectivity index (χ3n) is 14.7. The van der Waals surface area contributed by atoms with Gasteiger partial charge in [0.2, 0.25) is 0 Å². The molecule has 8 rings (SSSR count). The van der Waals surface area contributed by atoms with E-state index in [1.54, 1.807) is 24.5 Å². The molecule has 4 aromatic heterocycles. The van der Waals surface area contributed by atoms with Crippen molar-refractivity contribution in [1.29, 1.82) is 0 Å². The van der Waals surface area contributed by atoms with Crippen molar-refractivity contribution in [2.75, 3.05) is 74.2 Å². The van der Waals surface area contributed by atoms with Gasteiger partial charge in [-0.25, -0.2) is 35.6 Å². The molecule has 4 N–H and O–H groups in total. The maximum absolute atomic E-state index is 14.5. The van der Waals surface area contributed by atoms with Gasteiger partial charge in [-0.3, -0.25) is 9.97 Å². The number of sulfone groups is 2. The number of hydrogen-bond donors (Lipinski definition) is 4. The largest absolute Gasteiger partial charge is 0.381 e. The summed E-state index contributed by atoms with van der Waals surface area (Å²) in [4.78, 5) is 18.2. The molecule has 0 unspecified atom stereocenters. The molecule has 0 bridgehead atoms. The number of hydrogen-bond acceptors (Lipinski definition) is 14. The zero-order valence-corrected chi connectivity index (χ0v) is 46.5. The fraction of sp³-hybridized carbons (Fsp3) is 0.630. The van der Waals surface area contributed by atoms with Crippen LogP contribution in [0, 0.1) is 35.3 Å². The van der Waals surface area contributed by atoms with Gasteiger partial charge in [-0.2, -0.15) is 0 Å². The van der Waals surface area contributed by atoms with Gasteiger partial charge < -0.3 is 30.7 Å². The predicted octanol–water partition coefficient (Wildman–Crippen LogP) is 9.80. The Bertz CT molecular complexity index is 2490. The zero-order chi connectivity index (χ0) is 52.8. The quantitative estimate of drug-likeness (QED) is 0.0655. The van der Waals surface area contributed by atoms with Crippen LogP contribution in [0.2, 0.25) is 10.0 Å². The van der Waals surface area contributed by atoms with Crippen molar-refractivity contribution in [2.45, 2.75) is 128 Å². The number of nitrogens with one attached hydrogen (secondary N) is 4. The highest BCUT2D eigenvalue weighted by Gasteiger charge is 2.27. The molecule has 2 saturated heterocycles. The van der Waals surface area contributed by atoms with Gasteiger partial charge in [0.05, 0.1) is 32.9 Å². The summed E-state index contributed by atoms with van der Waals surface area (Å²) in [7, 11) is -5.97. The van der Waals surface area contributed by atoms with E-state index in [1.165, 1.54) is 24.6 Å². The smallest absolute Gasteiger partial charge is 0.165 e. The minimum Gasteiger partial charge on any atom is -0.381 e. The Kier molecular flexibility index (Phi) is 21.7. The number of pyridine rings is 4. The lowest BCUT2D eigenvalue weighted by Crippen LogP contribution is -2.42. The Labute approximate surface area is 447 Å². The van der Waals surface area contributed by atoms with E-state index < -0.39 is 19.7 Å². The fourth-order valence-electron chi connectivity index (χ4n) is 10.9. The standard InChI is InChI=1S/2C27H38ClFN4O3S/c2*1-18(17-37(2,34)35)32-21-5-3-19(4-6-21)13-22-14-23(24(28)16-30-22)26-8-7-25(29)27(33-26)31-15-20-9-11-36-12-10-20/h2*7-8,14,16,18-21,32H,3-6,9-13,15,17H2,1-2H3,(H,31,33)/t2*18-,19?,21?/m10/s1. The van der Waals surface area contributed by atoms with Crippen molar-refractivity contribution in [3.8, 4) is 22.5 Å². The van der Waals surface area contributed by atoms with E-state index in [-0.39, 0.29) is 46.9 Å². The highest BCUT2D eigenvalue weighted by molar-refractivity contribution is 7.90. The molecule has 2 atom stereocenters. The Hall–Kier alpha value is -3.62. The third kappa shape index (κ3) is 18.8. The van der Waals surface area contributed by atoms with Crippen molar-refractivity contribution in [2.24, 2.45) is 23.7 Å². The average Bonchev–Trinajstić information content (AvgIpc) is 3.35. The molecule has 4 aromatic rings. The summed E-state index contributed by atoms with van der Waals surface area (Å²) in [6, 6.07) is 10.7. The number of ether oxygens (including phenoxy) is 2. The van der Waals surface area contributed by atoms with Gasteiger partial charge in [-0.1, -0.05) is 23.2 Å². The lowest BCUT2D eigenvalue weighted by molar-refractivity contribution is 0.0698. The van der Waals surface area contributed by atoms with Crippen molar-refractivity contribution >= 4 is 54.5 Å². The zero-order valence-electron chi connectivity index (χ0n) is 43.4. The molecule has 0 radical (unpaired) electrons. The van der Waals surface area contributed by atoms with E-state index in [9.17, 15) is 25.6 Å².